The largest absolute Gasteiger partial charge is 0.395 e. The number of Topliss-reactive ketones (excluding diaryl/α,β-unsaturated/α-hetero) is 1. The summed E-state index contributed by atoms with van der Waals surface area (Å²) in [6, 6.07) is 0. The van der Waals surface area contributed by atoms with E-state index in [0.717, 1.165) is 19.5 Å². The predicted molar refractivity (Wildman–Crippen MR) is 60.5 cm³/mol. The normalized spacial score (nSPS) is 9.57. The Morgan fingerprint density at radius 2 is 1.86 bits per heavy atom. The number of aliphatic hydroxyl groups is 1. The second-order valence-corrected chi connectivity index (χ2v) is 2.96. The summed E-state index contributed by atoms with van der Waals surface area (Å²) in [7, 11) is 0. The Labute approximate surface area is 88.1 Å². The van der Waals surface area contributed by atoms with E-state index in [-0.39, 0.29) is 12.4 Å². The van der Waals surface area contributed by atoms with E-state index in [1.54, 1.807) is 6.92 Å². The van der Waals surface area contributed by atoms with Gasteiger partial charge in [-0.2, -0.15) is 0 Å². The van der Waals surface area contributed by atoms with Crippen molar-refractivity contribution in [3.63, 3.8) is 0 Å². The lowest BCUT2D eigenvalue weighted by atomic mass is 10.2. The van der Waals surface area contributed by atoms with Gasteiger partial charge in [-0.25, -0.2) is 0 Å². The predicted octanol–water partition coefficient (Wildman–Crippen LogP) is 1.70. The van der Waals surface area contributed by atoms with Crippen molar-refractivity contribution < 1.29 is 9.90 Å². The molecule has 0 atom stereocenters. The molecule has 0 unspecified atom stereocenters. The van der Waals surface area contributed by atoms with Gasteiger partial charge in [-0.1, -0.05) is 20.8 Å². The van der Waals surface area contributed by atoms with Gasteiger partial charge >= 0.3 is 0 Å². The number of likely N-dealkylation sites (N-methyl/N-ethyl adjacent to an activating group) is 1. The highest BCUT2D eigenvalue weighted by Gasteiger charge is 2.01. The van der Waals surface area contributed by atoms with Gasteiger partial charge in [0.05, 0.1) is 6.61 Å². The van der Waals surface area contributed by atoms with E-state index in [9.17, 15) is 4.79 Å². The summed E-state index contributed by atoms with van der Waals surface area (Å²) in [6.07, 6.45) is 1.56. The van der Waals surface area contributed by atoms with Crippen LogP contribution in [-0.2, 0) is 4.79 Å². The number of hydrogen-bond donors (Lipinski definition) is 1. The molecule has 86 valence electrons. The van der Waals surface area contributed by atoms with Gasteiger partial charge in [0.1, 0.15) is 5.78 Å². The Kier molecular flexibility index (Phi) is 14.4. The lowest BCUT2D eigenvalue weighted by Gasteiger charge is -2.18. The molecule has 0 aromatic carbocycles. The van der Waals surface area contributed by atoms with Crippen LogP contribution in [0.2, 0.25) is 0 Å². The van der Waals surface area contributed by atoms with Crippen LogP contribution < -0.4 is 0 Å². The average molecular weight is 203 g/mol. The highest BCUT2D eigenvalue weighted by Crippen LogP contribution is 1.95. The van der Waals surface area contributed by atoms with E-state index in [4.69, 9.17) is 5.11 Å². The summed E-state index contributed by atoms with van der Waals surface area (Å²) in [5.41, 5.74) is 0. The van der Waals surface area contributed by atoms with Gasteiger partial charge in [0.2, 0.25) is 0 Å². The van der Waals surface area contributed by atoms with Crippen LogP contribution >= 0.6 is 0 Å². The van der Waals surface area contributed by atoms with Crippen LogP contribution in [0.1, 0.15) is 40.5 Å². The molecule has 0 saturated heterocycles. The number of carbonyl (C=O) groups excluding carboxylic acids is 1. The van der Waals surface area contributed by atoms with Crippen LogP contribution in [0.4, 0.5) is 0 Å². The lowest BCUT2D eigenvalue weighted by molar-refractivity contribution is -0.117. The zero-order valence-corrected chi connectivity index (χ0v) is 10.0. The van der Waals surface area contributed by atoms with Crippen molar-refractivity contribution in [2.45, 2.75) is 40.5 Å². The molecule has 0 aromatic rings. The third-order valence-electron chi connectivity index (χ3n) is 1.87. The summed E-state index contributed by atoms with van der Waals surface area (Å²) < 4.78 is 0. The first-order valence-corrected chi connectivity index (χ1v) is 5.53. The van der Waals surface area contributed by atoms with Gasteiger partial charge in [-0.15, -0.1) is 0 Å². The fourth-order valence-electron chi connectivity index (χ4n) is 1.12. The average Bonchev–Trinajstić information content (AvgIpc) is 2.19. The highest BCUT2D eigenvalue weighted by atomic mass is 16.3. The standard InChI is InChI=1S/C9H19NO2.C2H6/c1-3-10(7-8-11)6-4-5-9(2)12;1-2/h11H,3-8H2,1-2H3;1-2H3. The van der Waals surface area contributed by atoms with Crippen molar-refractivity contribution in [2.24, 2.45) is 0 Å². The Morgan fingerprint density at radius 3 is 2.21 bits per heavy atom. The summed E-state index contributed by atoms with van der Waals surface area (Å²) in [5, 5.41) is 8.67. The molecule has 0 aliphatic rings. The fourth-order valence-corrected chi connectivity index (χ4v) is 1.12. The summed E-state index contributed by atoms with van der Waals surface area (Å²) in [6.45, 7) is 10.4. The van der Waals surface area contributed by atoms with Gasteiger partial charge in [0.15, 0.2) is 0 Å². The Balaban J connectivity index is 0. The third-order valence-corrected chi connectivity index (χ3v) is 1.87. The molecular formula is C11H25NO2. The van der Waals surface area contributed by atoms with Gasteiger partial charge in [0, 0.05) is 13.0 Å². The molecule has 0 radical (unpaired) electrons. The van der Waals surface area contributed by atoms with Gasteiger partial charge in [-0.3, -0.25) is 0 Å². The first kappa shape index (κ1) is 16.0. The van der Waals surface area contributed by atoms with Crippen LogP contribution in [0.15, 0.2) is 0 Å². The maximum atomic E-state index is 10.6. The van der Waals surface area contributed by atoms with Crippen molar-refractivity contribution >= 4 is 5.78 Å². The number of hydrogen-bond acceptors (Lipinski definition) is 3. The molecule has 0 saturated carbocycles. The van der Waals surface area contributed by atoms with E-state index >= 15 is 0 Å². The van der Waals surface area contributed by atoms with E-state index in [1.165, 1.54) is 0 Å². The second-order valence-electron chi connectivity index (χ2n) is 2.96. The first-order chi connectivity index (χ1) is 6.70. The van der Waals surface area contributed by atoms with Crippen molar-refractivity contribution in [1.29, 1.82) is 0 Å². The van der Waals surface area contributed by atoms with Gasteiger partial charge in [0.25, 0.3) is 0 Å². The molecule has 0 rings (SSSR count). The van der Waals surface area contributed by atoms with E-state index in [1.807, 2.05) is 13.8 Å². The molecule has 3 nitrogen and oxygen atoms in total. The number of aliphatic hydroxyl groups excluding tert-OH is 1. The minimum absolute atomic E-state index is 0.202. The maximum Gasteiger partial charge on any atom is 0.129 e. The molecular weight excluding hydrogens is 178 g/mol. The molecule has 0 fully saturated rings. The van der Waals surface area contributed by atoms with Gasteiger partial charge in [-0.05, 0) is 26.4 Å². The van der Waals surface area contributed by atoms with Crippen LogP contribution in [0.3, 0.4) is 0 Å². The number of rotatable bonds is 7. The second kappa shape index (κ2) is 12.6. The third kappa shape index (κ3) is 11.6. The molecule has 14 heavy (non-hydrogen) atoms. The van der Waals surface area contributed by atoms with Crippen LogP contribution in [0.25, 0.3) is 0 Å². The molecule has 0 bridgehead atoms. The van der Waals surface area contributed by atoms with Crippen molar-refractivity contribution in [1.82, 2.24) is 4.90 Å². The Morgan fingerprint density at radius 1 is 1.29 bits per heavy atom. The molecule has 3 heteroatoms. The molecule has 0 spiro atoms. The van der Waals surface area contributed by atoms with E-state index in [0.29, 0.717) is 13.0 Å². The topological polar surface area (TPSA) is 40.5 Å². The molecule has 0 aliphatic heterocycles. The quantitative estimate of drug-likeness (QED) is 0.684. The highest BCUT2D eigenvalue weighted by molar-refractivity contribution is 5.75. The molecule has 1 N–H and O–H groups in total. The van der Waals surface area contributed by atoms with Crippen LogP contribution in [-0.4, -0.2) is 42.0 Å². The number of carbonyl (C=O) groups is 1. The van der Waals surface area contributed by atoms with Crippen molar-refractivity contribution in [3.8, 4) is 0 Å². The van der Waals surface area contributed by atoms with Crippen molar-refractivity contribution in [2.75, 3.05) is 26.2 Å². The van der Waals surface area contributed by atoms with Crippen molar-refractivity contribution in [3.05, 3.63) is 0 Å². The number of nitrogens with zero attached hydrogens (tertiary/aromatic N) is 1. The Hall–Kier alpha value is -0.410. The monoisotopic (exact) mass is 203 g/mol. The molecule has 0 heterocycles. The smallest absolute Gasteiger partial charge is 0.129 e. The minimum atomic E-state index is 0.202. The fraction of sp³-hybridized carbons (Fsp3) is 0.909. The molecule has 0 aromatic heterocycles. The van der Waals surface area contributed by atoms with E-state index < -0.39 is 0 Å². The van der Waals surface area contributed by atoms with E-state index in [2.05, 4.69) is 11.8 Å². The number of ketones is 1. The summed E-state index contributed by atoms with van der Waals surface area (Å²) in [4.78, 5) is 12.7. The van der Waals surface area contributed by atoms with Gasteiger partial charge < -0.3 is 14.8 Å². The first-order valence-electron chi connectivity index (χ1n) is 5.53. The molecule has 0 aliphatic carbocycles. The SMILES string of the molecule is CC.CCN(CCO)CCCC(C)=O. The summed E-state index contributed by atoms with van der Waals surface area (Å²) in [5.74, 6) is 0.245. The molecule has 0 amide bonds. The zero-order chi connectivity index (χ0) is 11.4. The lowest BCUT2D eigenvalue weighted by Crippen LogP contribution is -2.27. The van der Waals surface area contributed by atoms with Crippen LogP contribution in [0.5, 0.6) is 0 Å². The minimum Gasteiger partial charge on any atom is -0.395 e. The van der Waals surface area contributed by atoms with Crippen LogP contribution in [0, 0.1) is 0 Å². The summed E-state index contributed by atoms with van der Waals surface area (Å²) >= 11 is 0. The Bertz CT molecular complexity index is 126. The maximum absolute atomic E-state index is 10.6. The zero-order valence-electron chi connectivity index (χ0n) is 10.0.